The van der Waals surface area contributed by atoms with Gasteiger partial charge in [-0.2, -0.15) is 5.26 Å². The fourth-order valence-corrected chi connectivity index (χ4v) is 2.96. The summed E-state index contributed by atoms with van der Waals surface area (Å²) in [6.07, 6.45) is 5.80. The number of hydrogen-bond acceptors (Lipinski definition) is 2. The maximum atomic E-state index is 11.2. The number of unbranched alkanes of at least 4 members (excludes halogenated alkanes) is 3. The average Bonchev–Trinajstić information content (AvgIpc) is 2.62. The van der Waals surface area contributed by atoms with Gasteiger partial charge in [0.15, 0.2) is 0 Å². The Labute approximate surface area is 143 Å². The number of carboxylic acid groups (broad SMARTS) is 1. The molecule has 1 N–H and O–H groups in total. The molecule has 2 aromatic rings. The van der Waals surface area contributed by atoms with Gasteiger partial charge in [0.1, 0.15) is 0 Å². The van der Waals surface area contributed by atoms with Crippen LogP contribution in [0.4, 0.5) is 0 Å². The van der Waals surface area contributed by atoms with E-state index in [1.807, 2.05) is 42.5 Å². The molecule has 1 unspecified atom stereocenters. The smallest absolute Gasteiger partial charge is 0.335 e. The third kappa shape index (κ3) is 5.24. The first-order valence-corrected chi connectivity index (χ1v) is 8.48. The van der Waals surface area contributed by atoms with E-state index in [0.717, 1.165) is 49.7 Å². The molecular weight excluding hydrogens is 298 g/mol. The molecule has 0 aliphatic heterocycles. The largest absolute Gasteiger partial charge is 0.478 e. The van der Waals surface area contributed by atoms with E-state index < -0.39 is 5.97 Å². The predicted molar refractivity (Wildman–Crippen MR) is 95.0 cm³/mol. The molecule has 2 aromatic carbocycles. The lowest BCUT2D eigenvalue weighted by Crippen LogP contribution is -2.02. The number of nitriles is 1. The number of hydrogen-bond donors (Lipinski definition) is 1. The van der Waals surface area contributed by atoms with Crippen molar-refractivity contribution >= 4 is 5.97 Å². The summed E-state index contributed by atoms with van der Waals surface area (Å²) in [5.74, 6) is -0.885. The lowest BCUT2D eigenvalue weighted by molar-refractivity contribution is 0.0695. The van der Waals surface area contributed by atoms with Crippen molar-refractivity contribution in [3.63, 3.8) is 0 Å². The van der Waals surface area contributed by atoms with Crippen molar-refractivity contribution in [2.24, 2.45) is 0 Å². The second-order valence-corrected chi connectivity index (χ2v) is 6.01. The Hall–Kier alpha value is -2.60. The standard InChI is InChI=1S/C21H23NO2/c22-16-19(17-10-6-3-7-11-17)14-5-2-1-4-12-18-13-8-9-15-20(18)21(23)24/h3,6-11,13,15,19H,1-2,4-5,12,14H2,(H,23,24). The Morgan fingerprint density at radius 1 is 0.958 bits per heavy atom. The zero-order valence-corrected chi connectivity index (χ0v) is 13.8. The highest BCUT2D eigenvalue weighted by atomic mass is 16.4. The van der Waals surface area contributed by atoms with Gasteiger partial charge in [0.2, 0.25) is 0 Å². The summed E-state index contributed by atoms with van der Waals surface area (Å²) in [4.78, 5) is 11.2. The van der Waals surface area contributed by atoms with Gasteiger partial charge in [-0.05, 0) is 36.5 Å². The molecule has 124 valence electrons. The third-order valence-corrected chi connectivity index (χ3v) is 4.29. The molecule has 24 heavy (non-hydrogen) atoms. The van der Waals surface area contributed by atoms with E-state index in [0.29, 0.717) is 5.56 Å². The van der Waals surface area contributed by atoms with Crippen LogP contribution in [-0.2, 0) is 6.42 Å². The van der Waals surface area contributed by atoms with Gasteiger partial charge in [0.25, 0.3) is 0 Å². The van der Waals surface area contributed by atoms with Gasteiger partial charge >= 0.3 is 5.97 Å². The number of benzene rings is 2. The van der Waals surface area contributed by atoms with Gasteiger partial charge in [-0.3, -0.25) is 0 Å². The maximum Gasteiger partial charge on any atom is 0.335 e. The Balaban J connectivity index is 1.70. The van der Waals surface area contributed by atoms with Crippen LogP contribution in [0, 0.1) is 11.3 Å². The summed E-state index contributed by atoms with van der Waals surface area (Å²) < 4.78 is 0. The van der Waals surface area contributed by atoms with Gasteiger partial charge < -0.3 is 5.11 Å². The zero-order valence-electron chi connectivity index (χ0n) is 13.8. The Morgan fingerprint density at radius 2 is 1.62 bits per heavy atom. The number of aryl methyl sites for hydroxylation is 1. The van der Waals surface area contributed by atoms with Crippen LogP contribution in [0.2, 0.25) is 0 Å². The number of carbonyl (C=O) groups is 1. The van der Waals surface area contributed by atoms with Crippen molar-refractivity contribution in [1.29, 1.82) is 5.26 Å². The van der Waals surface area contributed by atoms with E-state index in [4.69, 9.17) is 0 Å². The van der Waals surface area contributed by atoms with E-state index in [-0.39, 0.29) is 5.92 Å². The Bertz CT molecular complexity index is 688. The monoisotopic (exact) mass is 321 g/mol. The predicted octanol–water partition coefficient (Wildman–Crippen LogP) is 5.19. The normalized spacial score (nSPS) is 11.6. The highest BCUT2D eigenvalue weighted by molar-refractivity contribution is 5.89. The molecule has 0 aromatic heterocycles. The average molecular weight is 321 g/mol. The zero-order chi connectivity index (χ0) is 17.2. The highest BCUT2D eigenvalue weighted by Gasteiger charge is 2.10. The molecule has 3 nitrogen and oxygen atoms in total. The Morgan fingerprint density at radius 3 is 2.33 bits per heavy atom. The second kappa shape index (κ2) is 9.52. The van der Waals surface area contributed by atoms with Gasteiger partial charge in [0, 0.05) is 0 Å². The molecule has 0 heterocycles. The molecule has 0 fully saturated rings. The number of carboxylic acids is 1. The molecule has 0 saturated carbocycles. The minimum atomic E-state index is -0.856. The van der Waals surface area contributed by atoms with Crippen LogP contribution in [0.3, 0.4) is 0 Å². The second-order valence-electron chi connectivity index (χ2n) is 6.01. The summed E-state index contributed by atoms with van der Waals surface area (Å²) in [5.41, 5.74) is 2.41. The number of aromatic carboxylic acids is 1. The van der Waals surface area contributed by atoms with Crippen LogP contribution in [0.5, 0.6) is 0 Å². The van der Waals surface area contributed by atoms with Gasteiger partial charge in [0.05, 0.1) is 17.6 Å². The van der Waals surface area contributed by atoms with Crippen LogP contribution in [0.25, 0.3) is 0 Å². The lowest BCUT2D eigenvalue weighted by Gasteiger charge is -2.09. The van der Waals surface area contributed by atoms with E-state index >= 15 is 0 Å². The third-order valence-electron chi connectivity index (χ3n) is 4.29. The fourth-order valence-electron chi connectivity index (χ4n) is 2.96. The van der Waals surface area contributed by atoms with Crippen LogP contribution in [0.1, 0.15) is 59.5 Å². The minimum absolute atomic E-state index is 0.0288. The lowest BCUT2D eigenvalue weighted by atomic mass is 9.94. The van der Waals surface area contributed by atoms with E-state index in [1.165, 1.54) is 0 Å². The van der Waals surface area contributed by atoms with Crippen LogP contribution in [0.15, 0.2) is 54.6 Å². The van der Waals surface area contributed by atoms with E-state index in [2.05, 4.69) is 6.07 Å². The molecule has 2 rings (SSSR count). The summed E-state index contributed by atoms with van der Waals surface area (Å²) in [6, 6.07) is 19.5. The summed E-state index contributed by atoms with van der Waals surface area (Å²) in [7, 11) is 0. The van der Waals surface area contributed by atoms with Crippen molar-refractivity contribution < 1.29 is 9.90 Å². The quantitative estimate of drug-likeness (QED) is 0.647. The van der Waals surface area contributed by atoms with E-state index in [9.17, 15) is 15.2 Å². The van der Waals surface area contributed by atoms with Crippen molar-refractivity contribution in [2.75, 3.05) is 0 Å². The molecule has 0 amide bonds. The molecular formula is C21H23NO2. The van der Waals surface area contributed by atoms with Gasteiger partial charge in [-0.15, -0.1) is 0 Å². The van der Waals surface area contributed by atoms with E-state index in [1.54, 1.807) is 12.1 Å². The van der Waals surface area contributed by atoms with Crippen LogP contribution in [-0.4, -0.2) is 11.1 Å². The first-order chi connectivity index (χ1) is 11.7. The summed E-state index contributed by atoms with van der Waals surface area (Å²) in [6.45, 7) is 0. The topological polar surface area (TPSA) is 61.1 Å². The first-order valence-electron chi connectivity index (χ1n) is 8.48. The first kappa shape index (κ1) is 17.7. The molecule has 0 aliphatic carbocycles. The van der Waals surface area contributed by atoms with Gasteiger partial charge in [-0.25, -0.2) is 4.79 Å². The van der Waals surface area contributed by atoms with Crippen molar-refractivity contribution in [2.45, 2.75) is 44.4 Å². The van der Waals surface area contributed by atoms with Crippen LogP contribution >= 0.6 is 0 Å². The number of rotatable bonds is 9. The molecule has 1 atom stereocenters. The molecule has 0 aliphatic rings. The maximum absolute atomic E-state index is 11.2. The molecule has 0 spiro atoms. The SMILES string of the molecule is N#CC(CCCCCCc1ccccc1C(=O)O)c1ccccc1. The summed E-state index contributed by atoms with van der Waals surface area (Å²) >= 11 is 0. The molecule has 0 bridgehead atoms. The minimum Gasteiger partial charge on any atom is -0.478 e. The Kier molecular flexibility index (Phi) is 7.04. The van der Waals surface area contributed by atoms with Crippen molar-refractivity contribution in [3.05, 3.63) is 71.3 Å². The van der Waals surface area contributed by atoms with Gasteiger partial charge in [-0.1, -0.05) is 67.8 Å². The fraction of sp³-hybridized carbons (Fsp3) is 0.333. The molecule has 3 heteroatoms. The summed E-state index contributed by atoms with van der Waals surface area (Å²) in [5, 5.41) is 18.5. The highest BCUT2D eigenvalue weighted by Crippen LogP contribution is 2.22. The molecule has 0 saturated heterocycles. The van der Waals surface area contributed by atoms with Crippen molar-refractivity contribution in [3.8, 4) is 6.07 Å². The van der Waals surface area contributed by atoms with Crippen molar-refractivity contribution in [1.82, 2.24) is 0 Å². The molecule has 0 radical (unpaired) electrons. The van der Waals surface area contributed by atoms with Crippen LogP contribution < -0.4 is 0 Å². The number of nitrogens with zero attached hydrogens (tertiary/aromatic N) is 1.